The number of aliphatic imine (C=N–C) groups is 1. The summed E-state index contributed by atoms with van der Waals surface area (Å²) in [5.41, 5.74) is 5.92. The van der Waals surface area contributed by atoms with E-state index in [4.69, 9.17) is 10.5 Å². The summed E-state index contributed by atoms with van der Waals surface area (Å²) < 4.78 is 4.86. The average Bonchev–Trinajstić information content (AvgIpc) is 1.84. The minimum atomic E-state index is 0.223. The Morgan fingerprint density at radius 2 is 2.00 bits per heavy atom. The lowest BCUT2D eigenvalue weighted by Gasteiger charge is -2.16. The van der Waals surface area contributed by atoms with Gasteiger partial charge in [0.2, 0.25) is 0 Å². The monoisotopic (exact) mass is 172 g/mol. The Morgan fingerprint density at radius 3 is 2.42 bits per heavy atom. The Hall–Kier alpha value is -0.570. The van der Waals surface area contributed by atoms with Gasteiger partial charge in [-0.15, -0.1) is 0 Å². The zero-order chi connectivity index (χ0) is 9.61. The van der Waals surface area contributed by atoms with E-state index in [2.05, 4.69) is 25.8 Å². The molecular formula is C9H20N2O. The maximum absolute atomic E-state index is 5.70. The van der Waals surface area contributed by atoms with Gasteiger partial charge in [-0.25, -0.2) is 0 Å². The molecule has 0 heterocycles. The first-order valence-corrected chi connectivity index (χ1v) is 4.23. The molecule has 0 aromatic heterocycles. The van der Waals surface area contributed by atoms with Gasteiger partial charge in [0.15, 0.2) is 0 Å². The molecule has 0 saturated carbocycles. The molecule has 0 aliphatic carbocycles. The van der Waals surface area contributed by atoms with Crippen molar-refractivity contribution in [3.8, 4) is 0 Å². The third-order valence-corrected chi connectivity index (χ3v) is 1.32. The molecule has 3 nitrogen and oxygen atoms in total. The predicted molar refractivity (Wildman–Crippen MR) is 52.4 cm³/mol. The molecule has 0 fully saturated rings. The molecule has 0 aliphatic heterocycles. The van der Waals surface area contributed by atoms with Crippen LogP contribution in [0.15, 0.2) is 4.99 Å². The Balaban J connectivity index is 3.70. The smallest absolute Gasteiger partial charge is 0.0943 e. The predicted octanol–water partition coefficient (Wildman–Crippen LogP) is 1.43. The van der Waals surface area contributed by atoms with Gasteiger partial charge in [0.25, 0.3) is 0 Å². The third-order valence-electron chi connectivity index (χ3n) is 1.32. The molecule has 0 spiro atoms. The van der Waals surface area contributed by atoms with E-state index < -0.39 is 0 Å². The maximum atomic E-state index is 5.70. The molecular weight excluding hydrogens is 152 g/mol. The van der Waals surface area contributed by atoms with E-state index >= 15 is 0 Å². The molecule has 0 radical (unpaired) electrons. The van der Waals surface area contributed by atoms with Crippen LogP contribution < -0.4 is 5.73 Å². The largest absolute Gasteiger partial charge is 0.387 e. The summed E-state index contributed by atoms with van der Waals surface area (Å²) in [5, 5.41) is 0. The van der Waals surface area contributed by atoms with Gasteiger partial charge in [0.1, 0.15) is 0 Å². The zero-order valence-electron chi connectivity index (χ0n) is 8.55. The third kappa shape index (κ3) is 7.54. The summed E-state index contributed by atoms with van der Waals surface area (Å²) in [7, 11) is 1.66. The number of methoxy groups -OCH3 is 1. The van der Waals surface area contributed by atoms with E-state index in [0.29, 0.717) is 13.2 Å². The summed E-state index contributed by atoms with van der Waals surface area (Å²) in [4.78, 5) is 4.17. The number of nitrogens with two attached hydrogens (primary N) is 1. The standard InChI is InChI=1S/C9H20N2O/c1-9(2,3)7-8(10)11-5-6-12-4/h5-7H2,1-4H3,(H2,10,11). The second-order valence-electron chi connectivity index (χ2n) is 4.10. The minimum absolute atomic E-state index is 0.223. The SMILES string of the molecule is COCCN=C(N)CC(C)(C)C. The first-order valence-electron chi connectivity index (χ1n) is 4.23. The van der Waals surface area contributed by atoms with E-state index in [9.17, 15) is 0 Å². The molecule has 0 aliphatic rings. The molecule has 3 heteroatoms. The van der Waals surface area contributed by atoms with Crippen LogP contribution >= 0.6 is 0 Å². The van der Waals surface area contributed by atoms with Gasteiger partial charge in [0, 0.05) is 13.5 Å². The molecule has 0 atom stereocenters. The Bertz CT molecular complexity index is 147. The summed E-state index contributed by atoms with van der Waals surface area (Å²) in [5.74, 6) is 0.722. The van der Waals surface area contributed by atoms with Crippen molar-refractivity contribution in [1.82, 2.24) is 0 Å². The number of rotatable bonds is 4. The van der Waals surface area contributed by atoms with Crippen molar-refractivity contribution in [1.29, 1.82) is 0 Å². The molecule has 0 saturated heterocycles. The van der Waals surface area contributed by atoms with Crippen LogP contribution in [0.25, 0.3) is 0 Å². The second-order valence-corrected chi connectivity index (χ2v) is 4.10. The number of nitrogens with zero attached hydrogens (tertiary/aromatic N) is 1. The van der Waals surface area contributed by atoms with Crippen LogP contribution in [0.3, 0.4) is 0 Å². The fraction of sp³-hybridized carbons (Fsp3) is 0.889. The molecule has 2 N–H and O–H groups in total. The van der Waals surface area contributed by atoms with E-state index in [0.717, 1.165) is 12.3 Å². The fourth-order valence-corrected chi connectivity index (χ4v) is 0.880. The van der Waals surface area contributed by atoms with Crippen LogP contribution in [-0.4, -0.2) is 26.1 Å². The molecule has 0 bridgehead atoms. The highest BCUT2D eigenvalue weighted by atomic mass is 16.5. The highest BCUT2D eigenvalue weighted by Gasteiger charge is 2.11. The molecule has 72 valence electrons. The molecule has 12 heavy (non-hydrogen) atoms. The van der Waals surface area contributed by atoms with Crippen molar-refractivity contribution >= 4 is 5.84 Å². The second kappa shape index (κ2) is 5.14. The van der Waals surface area contributed by atoms with Gasteiger partial charge in [-0.2, -0.15) is 0 Å². The molecule has 0 amide bonds. The van der Waals surface area contributed by atoms with Gasteiger partial charge in [-0.1, -0.05) is 20.8 Å². The lowest BCUT2D eigenvalue weighted by molar-refractivity contribution is 0.208. The van der Waals surface area contributed by atoms with Gasteiger partial charge in [-0.3, -0.25) is 4.99 Å². The van der Waals surface area contributed by atoms with Gasteiger partial charge < -0.3 is 10.5 Å². The quantitative estimate of drug-likeness (QED) is 0.396. The van der Waals surface area contributed by atoms with Gasteiger partial charge in [0.05, 0.1) is 19.0 Å². The highest BCUT2D eigenvalue weighted by molar-refractivity contribution is 5.80. The van der Waals surface area contributed by atoms with Crippen LogP contribution in [-0.2, 0) is 4.74 Å². The zero-order valence-corrected chi connectivity index (χ0v) is 8.55. The van der Waals surface area contributed by atoms with Crippen molar-refractivity contribution < 1.29 is 4.74 Å². The Morgan fingerprint density at radius 1 is 1.42 bits per heavy atom. The number of hydrogen-bond acceptors (Lipinski definition) is 2. The van der Waals surface area contributed by atoms with Crippen molar-refractivity contribution in [3.05, 3.63) is 0 Å². The minimum Gasteiger partial charge on any atom is -0.387 e. The lowest BCUT2D eigenvalue weighted by Crippen LogP contribution is -2.21. The van der Waals surface area contributed by atoms with Crippen LogP contribution in [0.1, 0.15) is 27.2 Å². The normalized spacial score (nSPS) is 13.5. The molecule has 0 rings (SSSR count). The topological polar surface area (TPSA) is 47.6 Å². The summed E-state index contributed by atoms with van der Waals surface area (Å²) in [6, 6.07) is 0. The maximum Gasteiger partial charge on any atom is 0.0943 e. The van der Waals surface area contributed by atoms with Gasteiger partial charge in [-0.05, 0) is 5.41 Å². The lowest BCUT2D eigenvalue weighted by atomic mass is 9.92. The molecule has 0 aromatic carbocycles. The van der Waals surface area contributed by atoms with Crippen LogP contribution in [0, 0.1) is 5.41 Å². The van der Waals surface area contributed by atoms with Crippen molar-refractivity contribution in [2.75, 3.05) is 20.3 Å². The van der Waals surface area contributed by atoms with E-state index in [-0.39, 0.29) is 5.41 Å². The first kappa shape index (κ1) is 11.4. The van der Waals surface area contributed by atoms with E-state index in [1.54, 1.807) is 7.11 Å². The van der Waals surface area contributed by atoms with Crippen molar-refractivity contribution in [3.63, 3.8) is 0 Å². The molecule has 0 unspecified atom stereocenters. The summed E-state index contributed by atoms with van der Waals surface area (Å²) in [6.07, 6.45) is 0.844. The van der Waals surface area contributed by atoms with Crippen molar-refractivity contribution in [2.24, 2.45) is 16.1 Å². The van der Waals surface area contributed by atoms with Crippen LogP contribution in [0.2, 0.25) is 0 Å². The first-order chi connectivity index (χ1) is 5.45. The highest BCUT2D eigenvalue weighted by Crippen LogP contribution is 2.17. The van der Waals surface area contributed by atoms with E-state index in [1.807, 2.05) is 0 Å². The van der Waals surface area contributed by atoms with Crippen LogP contribution in [0.4, 0.5) is 0 Å². The Labute approximate surface area is 75.0 Å². The summed E-state index contributed by atoms with van der Waals surface area (Å²) in [6.45, 7) is 7.74. The number of ether oxygens (including phenoxy) is 1. The Kier molecular flexibility index (Phi) is 4.90. The number of amidine groups is 1. The average molecular weight is 172 g/mol. The summed E-state index contributed by atoms with van der Waals surface area (Å²) >= 11 is 0. The van der Waals surface area contributed by atoms with Crippen molar-refractivity contribution in [2.45, 2.75) is 27.2 Å². The van der Waals surface area contributed by atoms with Gasteiger partial charge >= 0.3 is 0 Å². The fourth-order valence-electron chi connectivity index (χ4n) is 0.880. The van der Waals surface area contributed by atoms with E-state index in [1.165, 1.54) is 0 Å². The molecule has 0 aromatic rings. The van der Waals surface area contributed by atoms with Crippen LogP contribution in [0.5, 0.6) is 0 Å². The number of hydrogen-bond donors (Lipinski definition) is 1.